The molecule has 1 aromatic heterocycles. The van der Waals surface area contributed by atoms with Crippen LogP contribution < -0.4 is 10.2 Å². The summed E-state index contributed by atoms with van der Waals surface area (Å²) in [5.41, 5.74) is 4.19. The third-order valence-corrected chi connectivity index (χ3v) is 4.40. The van der Waals surface area contributed by atoms with Crippen LogP contribution >= 0.6 is 0 Å². The van der Waals surface area contributed by atoms with Gasteiger partial charge in [0.15, 0.2) is 0 Å². The van der Waals surface area contributed by atoms with Crippen LogP contribution in [-0.4, -0.2) is 39.0 Å². The van der Waals surface area contributed by atoms with E-state index in [4.69, 9.17) is 0 Å². The van der Waals surface area contributed by atoms with Gasteiger partial charge in [0.2, 0.25) is 11.9 Å². The number of carbonyl (C=O) groups is 2. The van der Waals surface area contributed by atoms with Crippen molar-refractivity contribution >= 4 is 29.5 Å². The summed E-state index contributed by atoms with van der Waals surface area (Å²) in [4.78, 5) is 38.3. The molecular weight excluding hydrogens is 346 g/mol. The summed E-state index contributed by atoms with van der Waals surface area (Å²) in [5, 5.41) is 12.3. The zero-order valence-corrected chi connectivity index (χ0v) is 15.6. The predicted molar refractivity (Wildman–Crippen MR) is 101 cm³/mol. The highest BCUT2D eigenvalue weighted by atomic mass is 16.4. The van der Waals surface area contributed by atoms with E-state index >= 15 is 0 Å². The lowest BCUT2D eigenvalue weighted by atomic mass is 10.1. The molecule has 27 heavy (non-hydrogen) atoms. The number of carboxylic acids is 1. The highest BCUT2D eigenvalue weighted by Gasteiger charge is 2.37. The van der Waals surface area contributed by atoms with Gasteiger partial charge in [0.25, 0.3) is 5.95 Å². The third kappa shape index (κ3) is 3.94. The molecule has 2 heterocycles. The minimum atomic E-state index is -1.10. The Hall–Kier alpha value is -3.29. The summed E-state index contributed by atoms with van der Waals surface area (Å²) in [6.07, 6.45) is -0.172. The first-order valence-corrected chi connectivity index (χ1v) is 8.54. The van der Waals surface area contributed by atoms with E-state index in [2.05, 4.69) is 20.3 Å². The normalized spacial score (nSPS) is 18.5. The van der Waals surface area contributed by atoms with Gasteiger partial charge in [0.05, 0.1) is 6.42 Å². The first kappa shape index (κ1) is 18.5. The molecule has 0 radical (unpaired) electrons. The molecule has 140 valence electrons. The van der Waals surface area contributed by atoms with Crippen LogP contribution in [0.4, 0.5) is 11.6 Å². The average Bonchev–Trinajstić information content (AvgIpc) is 2.56. The summed E-state index contributed by atoms with van der Waals surface area (Å²) in [5.74, 6) is -1.24. The van der Waals surface area contributed by atoms with Crippen molar-refractivity contribution in [3.63, 3.8) is 0 Å². The van der Waals surface area contributed by atoms with E-state index in [-0.39, 0.29) is 18.3 Å². The molecule has 2 aromatic rings. The maximum atomic E-state index is 12.1. The molecule has 1 fully saturated rings. The molecule has 8 nitrogen and oxygen atoms in total. The summed E-state index contributed by atoms with van der Waals surface area (Å²) in [6, 6.07) is 6.34. The number of carboxylic acid groups (broad SMARTS) is 1. The van der Waals surface area contributed by atoms with Crippen molar-refractivity contribution in [1.29, 1.82) is 0 Å². The monoisotopic (exact) mass is 367 g/mol. The highest BCUT2D eigenvalue weighted by molar-refractivity contribution is 6.13. The lowest BCUT2D eigenvalue weighted by Gasteiger charge is -2.35. The molecule has 3 rings (SSSR count). The lowest BCUT2D eigenvalue weighted by Crippen LogP contribution is -2.58. The van der Waals surface area contributed by atoms with Crippen LogP contribution in [0.2, 0.25) is 0 Å². The minimum absolute atomic E-state index is 0.104. The Balaban J connectivity index is 2.14. The van der Waals surface area contributed by atoms with Crippen LogP contribution in [0.15, 0.2) is 29.3 Å². The van der Waals surface area contributed by atoms with Crippen molar-refractivity contribution in [2.24, 2.45) is 4.99 Å². The Labute approximate surface area is 157 Å². The van der Waals surface area contributed by atoms with Crippen molar-refractivity contribution in [1.82, 2.24) is 15.3 Å². The number of nitrogens with zero attached hydrogens (tertiary/aromatic N) is 4. The smallest absolute Gasteiger partial charge is 0.327 e. The zero-order chi connectivity index (χ0) is 19.7. The fourth-order valence-electron chi connectivity index (χ4n) is 2.96. The second-order valence-corrected chi connectivity index (χ2v) is 6.63. The Bertz CT molecular complexity index is 934. The van der Waals surface area contributed by atoms with E-state index in [9.17, 15) is 14.7 Å². The number of benzene rings is 1. The molecule has 1 unspecified atom stereocenters. The van der Waals surface area contributed by atoms with E-state index in [0.29, 0.717) is 5.69 Å². The van der Waals surface area contributed by atoms with Gasteiger partial charge in [0, 0.05) is 17.1 Å². The number of hydrogen-bond donors (Lipinski definition) is 2. The summed E-state index contributed by atoms with van der Waals surface area (Å²) >= 11 is 0. The number of guanidine groups is 1. The maximum absolute atomic E-state index is 12.1. The zero-order valence-electron chi connectivity index (χ0n) is 15.6. The number of rotatable bonds is 3. The largest absolute Gasteiger partial charge is 0.480 e. The Kier molecular flexibility index (Phi) is 4.89. The molecule has 0 spiro atoms. The predicted octanol–water partition coefficient (Wildman–Crippen LogP) is 2.18. The highest BCUT2D eigenvalue weighted by Crippen LogP contribution is 2.25. The third-order valence-electron chi connectivity index (χ3n) is 4.40. The Morgan fingerprint density at radius 3 is 2.41 bits per heavy atom. The summed E-state index contributed by atoms with van der Waals surface area (Å²) in [7, 11) is 0. The van der Waals surface area contributed by atoms with E-state index in [0.717, 1.165) is 22.5 Å². The number of aliphatic carboxylic acids is 1. The molecule has 1 amide bonds. The lowest BCUT2D eigenvalue weighted by molar-refractivity contribution is -0.140. The van der Waals surface area contributed by atoms with Gasteiger partial charge in [-0.15, -0.1) is 0 Å². The first-order chi connectivity index (χ1) is 12.7. The van der Waals surface area contributed by atoms with Crippen molar-refractivity contribution in [2.45, 2.75) is 40.2 Å². The molecule has 8 heteroatoms. The summed E-state index contributed by atoms with van der Waals surface area (Å²) in [6.45, 7) is 7.56. The molecule has 1 atom stereocenters. The van der Waals surface area contributed by atoms with E-state index in [1.54, 1.807) is 0 Å². The Morgan fingerprint density at radius 1 is 1.15 bits per heavy atom. The number of aryl methyl sites for hydroxylation is 4. The van der Waals surface area contributed by atoms with Crippen LogP contribution in [-0.2, 0) is 9.59 Å². The maximum Gasteiger partial charge on any atom is 0.327 e. The van der Waals surface area contributed by atoms with Crippen molar-refractivity contribution < 1.29 is 14.7 Å². The molecule has 1 aromatic carbocycles. The van der Waals surface area contributed by atoms with Crippen LogP contribution in [0, 0.1) is 27.7 Å². The van der Waals surface area contributed by atoms with Gasteiger partial charge in [-0.05, 0) is 57.0 Å². The van der Waals surface area contributed by atoms with Crippen LogP contribution in [0.1, 0.15) is 28.9 Å². The molecular formula is C19H21N5O3. The Morgan fingerprint density at radius 2 is 1.81 bits per heavy atom. The van der Waals surface area contributed by atoms with Gasteiger partial charge in [0.1, 0.15) is 6.04 Å². The average molecular weight is 367 g/mol. The fraction of sp³-hybridized carbons (Fsp3) is 0.316. The molecule has 1 aliphatic rings. The number of anilines is 1. The van der Waals surface area contributed by atoms with Gasteiger partial charge in [-0.1, -0.05) is 6.07 Å². The van der Waals surface area contributed by atoms with Crippen LogP contribution in [0.5, 0.6) is 0 Å². The SMILES string of the molecule is Cc1cc(C)nc(/N=C2\NC(=O)CC(C(=O)O)N2c2ccc(C)c(C)c2)n1. The number of hydrogen-bond acceptors (Lipinski definition) is 5. The number of carbonyl (C=O) groups excluding carboxylic acids is 1. The van der Waals surface area contributed by atoms with Crippen molar-refractivity contribution in [3.05, 3.63) is 46.8 Å². The fourth-order valence-corrected chi connectivity index (χ4v) is 2.96. The number of aliphatic imine (C=N–C) groups is 1. The van der Waals surface area contributed by atoms with Gasteiger partial charge in [-0.2, -0.15) is 4.99 Å². The van der Waals surface area contributed by atoms with Crippen molar-refractivity contribution in [3.8, 4) is 0 Å². The van der Waals surface area contributed by atoms with Gasteiger partial charge in [-0.3, -0.25) is 15.0 Å². The van der Waals surface area contributed by atoms with E-state index in [1.165, 1.54) is 4.90 Å². The molecule has 1 aliphatic heterocycles. The number of aromatic nitrogens is 2. The van der Waals surface area contributed by atoms with Gasteiger partial charge >= 0.3 is 5.97 Å². The van der Waals surface area contributed by atoms with E-state index < -0.39 is 17.9 Å². The van der Waals surface area contributed by atoms with Crippen molar-refractivity contribution in [2.75, 3.05) is 4.90 Å². The van der Waals surface area contributed by atoms with Crippen LogP contribution in [0.3, 0.4) is 0 Å². The van der Waals surface area contributed by atoms with Crippen LogP contribution in [0.25, 0.3) is 0 Å². The standard InChI is InChI=1S/C19H21N5O3/c1-10-5-6-14(7-11(10)2)24-15(17(26)27)9-16(25)22-19(24)23-18-20-12(3)8-13(4)21-18/h5-8,15H,9H2,1-4H3,(H,26,27)(H,20,21,22,23,25). The minimum Gasteiger partial charge on any atom is -0.480 e. The summed E-state index contributed by atoms with van der Waals surface area (Å²) < 4.78 is 0. The van der Waals surface area contributed by atoms with Gasteiger partial charge in [-0.25, -0.2) is 14.8 Å². The van der Waals surface area contributed by atoms with E-state index in [1.807, 2.05) is 52.0 Å². The molecule has 0 saturated carbocycles. The second-order valence-electron chi connectivity index (χ2n) is 6.63. The number of amides is 1. The quantitative estimate of drug-likeness (QED) is 0.861. The molecule has 1 saturated heterocycles. The first-order valence-electron chi connectivity index (χ1n) is 8.54. The number of nitrogens with one attached hydrogen (secondary N) is 1. The molecule has 0 bridgehead atoms. The topological polar surface area (TPSA) is 108 Å². The second kappa shape index (κ2) is 7.14. The van der Waals surface area contributed by atoms with Gasteiger partial charge < -0.3 is 5.11 Å². The molecule has 0 aliphatic carbocycles. The molecule has 2 N–H and O–H groups in total.